The highest BCUT2D eigenvalue weighted by Crippen LogP contribution is 2.39. The summed E-state index contributed by atoms with van der Waals surface area (Å²) in [5.74, 6) is 0.728. The quantitative estimate of drug-likeness (QED) is 0.587. The van der Waals surface area contributed by atoms with E-state index in [0.717, 1.165) is 31.7 Å². The fourth-order valence-electron chi connectivity index (χ4n) is 3.33. The summed E-state index contributed by atoms with van der Waals surface area (Å²) in [6.45, 7) is 2.50. The third kappa shape index (κ3) is 2.97. The second-order valence-corrected chi connectivity index (χ2v) is 7.78. The first-order valence-electron chi connectivity index (χ1n) is 7.90. The summed E-state index contributed by atoms with van der Waals surface area (Å²) in [5, 5.41) is 12.4. The second-order valence-electron chi connectivity index (χ2n) is 6.37. The molecule has 0 aromatic carbocycles. The van der Waals surface area contributed by atoms with Gasteiger partial charge in [-0.2, -0.15) is 0 Å². The number of hydrogen-bond donors (Lipinski definition) is 3. The molecule has 0 unspecified atom stereocenters. The zero-order valence-corrected chi connectivity index (χ0v) is 13.5. The normalized spacial score (nSPS) is 28.5. The molecule has 0 saturated carbocycles. The van der Waals surface area contributed by atoms with E-state index in [4.69, 9.17) is 10.8 Å². The molecule has 4 N–H and O–H groups in total. The van der Waals surface area contributed by atoms with Gasteiger partial charge in [0.2, 0.25) is 11.8 Å². The molecule has 0 radical (unpaired) electrons. The molecule has 22 heavy (non-hydrogen) atoms. The van der Waals surface area contributed by atoms with Gasteiger partial charge in [-0.05, 0) is 19.3 Å². The Morgan fingerprint density at radius 2 is 1.95 bits per heavy atom. The van der Waals surface area contributed by atoms with Gasteiger partial charge in [0.25, 0.3) is 0 Å². The molecule has 0 aromatic rings. The third-order valence-electron chi connectivity index (χ3n) is 4.65. The molecule has 3 heterocycles. The molecule has 3 fully saturated rings. The number of nitrogens with two attached hydrogens (primary N) is 1. The number of likely N-dealkylation sites (tertiary alicyclic amines) is 2. The largest absolute Gasteiger partial charge is 0.394 e. The van der Waals surface area contributed by atoms with E-state index >= 15 is 0 Å². The van der Waals surface area contributed by atoms with Crippen molar-refractivity contribution in [3.63, 3.8) is 0 Å². The van der Waals surface area contributed by atoms with Gasteiger partial charge in [0.05, 0.1) is 25.7 Å². The standard InChI is InChI=1S/C14H24N4O3S/c15-10(6-19)12(20)18-8-14(9-18)16-11(7-22-14)13(21)17-4-2-1-3-5-17/h10-11,16,19H,1-9,15H2/t10-,11-/m0/s1. The molecule has 3 aliphatic rings. The van der Waals surface area contributed by atoms with Crippen LogP contribution in [0.5, 0.6) is 0 Å². The number of amides is 2. The Labute approximate surface area is 134 Å². The summed E-state index contributed by atoms with van der Waals surface area (Å²) in [4.78, 5) is 27.8. The maximum Gasteiger partial charge on any atom is 0.242 e. The Kier molecular flexibility index (Phi) is 4.63. The first-order chi connectivity index (χ1) is 10.5. The zero-order chi connectivity index (χ0) is 15.7. The van der Waals surface area contributed by atoms with Crippen LogP contribution in [-0.4, -0.2) is 82.2 Å². The lowest BCUT2D eigenvalue weighted by atomic mass is 10.0. The van der Waals surface area contributed by atoms with Crippen LogP contribution in [0.4, 0.5) is 0 Å². The Morgan fingerprint density at radius 3 is 2.59 bits per heavy atom. The van der Waals surface area contributed by atoms with E-state index in [9.17, 15) is 9.59 Å². The van der Waals surface area contributed by atoms with Crippen molar-refractivity contribution in [3.05, 3.63) is 0 Å². The monoisotopic (exact) mass is 328 g/mol. The maximum absolute atomic E-state index is 12.5. The predicted molar refractivity (Wildman–Crippen MR) is 84.2 cm³/mol. The number of thioether (sulfide) groups is 1. The highest BCUT2D eigenvalue weighted by molar-refractivity contribution is 8.01. The van der Waals surface area contributed by atoms with Gasteiger partial charge in [0.1, 0.15) is 10.9 Å². The predicted octanol–water partition coefficient (Wildman–Crippen LogP) is -1.44. The van der Waals surface area contributed by atoms with Crippen molar-refractivity contribution in [1.29, 1.82) is 0 Å². The van der Waals surface area contributed by atoms with E-state index < -0.39 is 6.04 Å². The van der Waals surface area contributed by atoms with Gasteiger partial charge in [0, 0.05) is 18.8 Å². The average Bonchev–Trinajstić information content (AvgIpc) is 2.97. The van der Waals surface area contributed by atoms with Crippen LogP contribution in [0, 0.1) is 0 Å². The summed E-state index contributed by atoms with van der Waals surface area (Å²) in [7, 11) is 0. The molecule has 0 aliphatic carbocycles. The number of hydrogen-bond acceptors (Lipinski definition) is 6. The van der Waals surface area contributed by atoms with Gasteiger partial charge in [-0.15, -0.1) is 11.8 Å². The van der Waals surface area contributed by atoms with Crippen molar-refractivity contribution in [1.82, 2.24) is 15.1 Å². The van der Waals surface area contributed by atoms with Crippen molar-refractivity contribution in [2.24, 2.45) is 5.73 Å². The van der Waals surface area contributed by atoms with Crippen LogP contribution in [0.15, 0.2) is 0 Å². The number of nitrogens with one attached hydrogen (secondary N) is 1. The Balaban J connectivity index is 1.51. The Hall–Kier alpha value is -0.830. The summed E-state index contributed by atoms with van der Waals surface area (Å²) in [5.41, 5.74) is 5.56. The molecule has 2 atom stereocenters. The van der Waals surface area contributed by atoms with Gasteiger partial charge in [-0.3, -0.25) is 14.9 Å². The van der Waals surface area contributed by atoms with Gasteiger partial charge in [-0.25, -0.2) is 0 Å². The molecule has 3 saturated heterocycles. The van der Waals surface area contributed by atoms with Crippen LogP contribution in [0.2, 0.25) is 0 Å². The topological polar surface area (TPSA) is 98.9 Å². The van der Waals surface area contributed by atoms with Gasteiger partial charge >= 0.3 is 0 Å². The van der Waals surface area contributed by atoms with Gasteiger partial charge in [-0.1, -0.05) is 0 Å². The highest BCUT2D eigenvalue weighted by Gasteiger charge is 2.52. The Bertz CT molecular complexity index is 449. The van der Waals surface area contributed by atoms with Crippen LogP contribution in [0.1, 0.15) is 19.3 Å². The van der Waals surface area contributed by atoms with E-state index in [0.29, 0.717) is 13.1 Å². The van der Waals surface area contributed by atoms with Crippen molar-refractivity contribution >= 4 is 23.6 Å². The highest BCUT2D eigenvalue weighted by atomic mass is 32.2. The summed E-state index contributed by atoms with van der Waals surface area (Å²) < 4.78 is 0. The number of carbonyl (C=O) groups excluding carboxylic acids is 2. The molecule has 8 heteroatoms. The molecular weight excluding hydrogens is 304 g/mol. The van der Waals surface area contributed by atoms with Crippen molar-refractivity contribution in [2.45, 2.75) is 36.2 Å². The maximum atomic E-state index is 12.5. The molecular formula is C14H24N4O3S. The smallest absolute Gasteiger partial charge is 0.242 e. The lowest BCUT2D eigenvalue weighted by molar-refractivity contribution is -0.139. The number of aliphatic hydroxyl groups excluding tert-OH is 1. The van der Waals surface area contributed by atoms with E-state index in [1.54, 1.807) is 16.7 Å². The zero-order valence-electron chi connectivity index (χ0n) is 12.7. The van der Waals surface area contributed by atoms with E-state index in [-0.39, 0.29) is 29.3 Å². The molecule has 124 valence electrons. The van der Waals surface area contributed by atoms with Crippen LogP contribution < -0.4 is 11.1 Å². The van der Waals surface area contributed by atoms with Crippen LogP contribution >= 0.6 is 11.8 Å². The second kappa shape index (κ2) is 6.35. The number of piperidine rings is 1. The number of aliphatic hydroxyl groups is 1. The average molecular weight is 328 g/mol. The number of nitrogens with zero attached hydrogens (tertiary/aromatic N) is 2. The lowest BCUT2D eigenvalue weighted by Gasteiger charge is -2.48. The van der Waals surface area contributed by atoms with Crippen LogP contribution in [0.25, 0.3) is 0 Å². The molecule has 3 rings (SSSR count). The first kappa shape index (κ1) is 16.0. The fourth-order valence-corrected chi connectivity index (χ4v) is 4.76. The minimum absolute atomic E-state index is 0.146. The molecule has 1 spiro atoms. The molecule has 7 nitrogen and oxygen atoms in total. The van der Waals surface area contributed by atoms with Crippen molar-refractivity contribution < 1.29 is 14.7 Å². The summed E-state index contributed by atoms with van der Waals surface area (Å²) in [6, 6.07) is -0.985. The Morgan fingerprint density at radius 1 is 1.27 bits per heavy atom. The van der Waals surface area contributed by atoms with Crippen LogP contribution in [0.3, 0.4) is 0 Å². The first-order valence-corrected chi connectivity index (χ1v) is 8.89. The minimum atomic E-state index is -0.838. The fraction of sp³-hybridized carbons (Fsp3) is 0.857. The number of rotatable bonds is 3. The SMILES string of the molecule is N[C@@H](CO)C(=O)N1CC2(C1)N[C@H](C(=O)N1CCCCC1)CS2. The van der Waals surface area contributed by atoms with E-state index in [1.807, 2.05) is 4.90 Å². The molecule has 2 amide bonds. The van der Waals surface area contributed by atoms with E-state index in [2.05, 4.69) is 5.32 Å². The molecule has 0 aromatic heterocycles. The minimum Gasteiger partial charge on any atom is -0.394 e. The summed E-state index contributed by atoms with van der Waals surface area (Å²) >= 11 is 1.72. The van der Waals surface area contributed by atoms with Gasteiger partial charge < -0.3 is 20.6 Å². The van der Waals surface area contributed by atoms with Crippen molar-refractivity contribution in [3.8, 4) is 0 Å². The van der Waals surface area contributed by atoms with Crippen LogP contribution in [-0.2, 0) is 9.59 Å². The molecule has 0 bridgehead atoms. The third-order valence-corrected chi connectivity index (χ3v) is 6.08. The lowest BCUT2D eigenvalue weighted by Crippen LogP contribution is -2.70. The van der Waals surface area contributed by atoms with E-state index in [1.165, 1.54) is 6.42 Å². The number of carbonyl (C=O) groups is 2. The van der Waals surface area contributed by atoms with Gasteiger partial charge in [0.15, 0.2) is 0 Å². The molecule has 3 aliphatic heterocycles. The van der Waals surface area contributed by atoms with Crippen molar-refractivity contribution in [2.75, 3.05) is 38.5 Å². The summed E-state index contributed by atoms with van der Waals surface area (Å²) in [6.07, 6.45) is 3.40.